The summed E-state index contributed by atoms with van der Waals surface area (Å²) in [4.78, 5) is 12.0. The van der Waals surface area contributed by atoms with Crippen molar-refractivity contribution in [2.45, 2.75) is 18.9 Å². The second-order valence-electron chi connectivity index (χ2n) is 4.94. The number of anilines is 1. The second-order valence-corrected chi connectivity index (χ2v) is 5.85. The Morgan fingerprint density at radius 1 is 1.29 bits per heavy atom. The van der Waals surface area contributed by atoms with Crippen LogP contribution in [0.2, 0.25) is 0 Å². The van der Waals surface area contributed by atoms with Gasteiger partial charge in [-0.1, -0.05) is 28.1 Å². The van der Waals surface area contributed by atoms with Gasteiger partial charge >= 0.3 is 0 Å². The van der Waals surface area contributed by atoms with Crippen LogP contribution in [0.4, 0.5) is 5.69 Å². The summed E-state index contributed by atoms with van der Waals surface area (Å²) in [5.41, 5.74) is 6.63. The van der Waals surface area contributed by atoms with Gasteiger partial charge in [0.25, 0.3) is 0 Å². The van der Waals surface area contributed by atoms with Crippen LogP contribution in [0.15, 0.2) is 40.9 Å². The van der Waals surface area contributed by atoms with E-state index in [0.29, 0.717) is 13.0 Å². The average Bonchev–Trinajstić information content (AvgIpc) is 2.47. The summed E-state index contributed by atoms with van der Waals surface area (Å²) in [6, 6.07) is 11.3. The molecule has 0 aliphatic heterocycles. The first kappa shape index (κ1) is 15.9. The first-order chi connectivity index (χ1) is 10.1. The highest BCUT2D eigenvalue weighted by Crippen LogP contribution is 2.23. The van der Waals surface area contributed by atoms with Gasteiger partial charge in [0.1, 0.15) is 0 Å². The van der Waals surface area contributed by atoms with Crippen LogP contribution < -0.4 is 11.1 Å². The fraction of sp³-hybridized carbons (Fsp3) is 0.312. The first-order valence-corrected chi connectivity index (χ1v) is 7.64. The summed E-state index contributed by atoms with van der Waals surface area (Å²) >= 11 is 3.44. The number of hydrogen-bond donors (Lipinski definition) is 2. The fourth-order valence-electron chi connectivity index (χ4n) is 2.11. The summed E-state index contributed by atoms with van der Waals surface area (Å²) in [6.07, 6.45) is 1.39. The topological polar surface area (TPSA) is 64.3 Å². The van der Waals surface area contributed by atoms with E-state index in [2.05, 4.69) is 21.2 Å². The van der Waals surface area contributed by atoms with Gasteiger partial charge in [0.15, 0.2) is 0 Å². The van der Waals surface area contributed by atoms with Crippen molar-refractivity contribution >= 4 is 38.3 Å². The summed E-state index contributed by atoms with van der Waals surface area (Å²) in [6.45, 7) is 0.617. The number of fused-ring (bicyclic) bond motifs is 1. The summed E-state index contributed by atoms with van der Waals surface area (Å²) < 4.78 is 5.99. The van der Waals surface area contributed by atoms with Gasteiger partial charge in [0.05, 0.1) is 6.04 Å². The zero-order valence-electron chi connectivity index (χ0n) is 11.9. The zero-order chi connectivity index (χ0) is 15.2. The number of rotatable bonds is 6. The SMILES string of the molecule is COCCCC(N)C(=O)Nc1ccc2cc(Br)ccc2c1. The Labute approximate surface area is 132 Å². The molecule has 112 valence electrons. The number of nitrogens with two attached hydrogens (primary N) is 1. The maximum atomic E-state index is 12.0. The first-order valence-electron chi connectivity index (χ1n) is 6.85. The molecule has 3 N–H and O–H groups in total. The van der Waals surface area contributed by atoms with Crippen molar-refractivity contribution < 1.29 is 9.53 Å². The predicted octanol–water partition coefficient (Wildman–Crippen LogP) is 3.29. The molecule has 21 heavy (non-hydrogen) atoms. The standard InChI is InChI=1S/C16H19BrN2O2/c1-21-8-2-3-15(18)16(20)19-14-7-5-11-9-13(17)6-4-12(11)10-14/h4-7,9-10,15H,2-3,8,18H2,1H3,(H,19,20). The number of carbonyl (C=O) groups excluding carboxylic acids is 1. The minimum absolute atomic E-state index is 0.164. The normalized spacial score (nSPS) is 12.3. The Morgan fingerprint density at radius 2 is 2.00 bits per heavy atom. The Bertz CT molecular complexity index is 631. The Morgan fingerprint density at radius 3 is 2.76 bits per heavy atom. The monoisotopic (exact) mass is 350 g/mol. The molecule has 0 heterocycles. The number of amides is 1. The van der Waals surface area contributed by atoms with Gasteiger partial charge in [-0.05, 0) is 47.9 Å². The van der Waals surface area contributed by atoms with Crippen LogP contribution in [0.25, 0.3) is 10.8 Å². The summed E-state index contributed by atoms with van der Waals surface area (Å²) in [5.74, 6) is -0.164. The van der Waals surface area contributed by atoms with E-state index in [1.807, 2.05) is 36.4 Å². The number of ether oxygens (including phenoxy) is 1. The highest BCUT2D eigenvalue weighted by atomic mass is 79.9. The molecule has 0 aliphatic rings. The van der Waals surface area contributed by atoms with E-state index in [1.165, 1.54) is 0 Å². The fourth-order valence-corrected chi connectivity index (χ4v) is 2.49. The van der Waals surface area contributed by atoms with Crippen molar-refractivity contribution in [2.24, 2.45) is 5.73 Å². The minimum Gasteiger partial charge on any atom is -0.385 e. The van der Waals surface area contributed by atoms with Crippen molar-refractivity contribution in [3.8, 4) is 0 Å². The van der Waals surface area contributed by atoms with Crippen molar-refractivity contribution in [3.05, 3.63) is 40.9 Å². The number of benzene rings is 2. The molecular weight excluding hydrogens is 332 g/mol. The van der Waals surface area contributed by atoms with Gasteiger partial charge in [-0.15, -0.1) is 0 Å². The van der Waals surface area contributed by atoms with E-state index in [9.17, 15) is 4.79 Å². The van der Waals surface area contributed by atoms with Gasteiger partial charge in [0, 0.05) is 23.9 Å². The van der Waals surface area contributed by atoms with Crippen LogP contribution >= 0.6 is 15.9 Å². The third kappa shape index (κ3) is 4.52. The molecule has 1 atom stereocenters. The molecule has 0 aromatic heterocycles. The molecule has 0 spiro atoms. The maximum Gasteiger partial charge on any atom is 0.241 e. The molecule has 0 aliphatic carbocycles. The van der Waals surface area contributed by atoms with E-state index < -0.39 is 6.04 Å². The van der Waals surface area contributed by atoms with E-state index in [1.54, 1.807) is 7.11 Å². The predicted molar refractivity (Wildman–Crippen MR) is 89.4 cm³/mol. The van der Waals surface area contributed by atoms with Gasteiger partial charge < -0.3 is 15.8 Å². The smallest absolute Gasteiger partial charge is 0.241 e. The lowest BCUT2D eigenvalue weighted by molar-refractivity contribution is -0.117. The lowest BCUT2D eigenvalue weighted by atomic mass is 10.1. The van der Waals surface area contributed by atoms with E-state index in [4.69, 9.17) is 10.5 Å². The van der Waals surface area contributed by atoms with Crippen LogP contribution in [0.3, 0.4) is 0 Å². The third-order valence-corrected chi connectivity index (χ3v) is 3.76. The van der Waals surface area contributed by atoms with E-state index in [0.717, 1.165) is 27.4 Å². The van der Waals surface area contributed by atoms with Crippen molar-refractivity contribution in [1.82, 2.24) is 0 Å². The molecule has 2 aromatic carbocycles. The molecule has 1 amide bonds. The quantitative estimate of drug-likeness (QED) is 0.785. The Kier molecular flexibility index (Phi) is 5.73. The molecule has 2 aromatic rings. The summed E-state index contributed by atoms with van der Waals surface area (Å²) in [5, 5.41) is 5.05. The molecule has 0 radical (unpaired) electrons. The molecule has 0 saturated heterocycles. The van der Waals surface area contributed by atoms with Crippen molar-refractivity contribution in [3.63, 3.8) is 0 Å². The Hall–Kier alpha value is -1.43. The van der Waals surface area contributed by atoms with E-state index >= 15 is 0 Å². The van der Waals surface area contributed by atoms with Gasteiger partial charge in [-0.25, -0.2) is 0 Å². The van der Waals surface area contributed by atoms with E-state index in [-0.39, 0.29) is 5.91 Å². The Balaban J connectivity index is 2.02. The molecule has 0 saturated carbocycles. The molecular formula is C16H19BrN2O2. The number of halogens is 1. The lowest BCUT2D eigenvalue weighted by Crippen LogP contribution is -2.35. The van der Waals surface area contributed by atoms with Gasteiger partial charge in [0.2, 0.25) is 5.91 Å². The highest BCUT2D eigenvalue weighted by molar-refractivity contribution is 9.10. The van der Waals surface area contributed by atoms with Crippen LogP contribution in [0, 0.1) is 0 Å². The van der Waals surface area contributed by atoms with Gasteiger partial charge in [-0.2, -0.15) is 0 Å². The molecule has 0 bridgehead atoms. The number of methoxy groups -OCH3 is 1. The number of nitrogens with one attached hydrogen (secondary N) is 1. The van der Waals surface area contributed by atoms with Crippen molar-refractivity contribution in [2.75, 3.05) is 19.0 Å². The van der Waals surface area contributed by atoms with Gasteiger partial charge in [-0.3, -0.25) is 4.79 Å². The summed E-state index contributed by atoms with van der Waals surface area (Å²) in [7, 11) is 1.64. The zero-order valence-corrected chi connectivity index (χ0v) is 13.5. The lowest BCUT2D eigenvalue weighted by Gasteiger charge is -2.12. The molecule has 2 rings (SSSR count). The molecule has 1 unspecified atom stereocenters. The largest absolute Gasteiger partial charge is 0.385 e. The van der Waals surface area contributed by atoms with Crippen LogP contribution in [-0.4, -0.2) is 25.7 Å². The molecule has 4 nitrogen and oxygen atoms in total. The highest BCUT2D eigenvalue weighted by Gasteiger charge is 2.13. The molecule has 5 heteroatoms. The minimum atomic E-state index is -0.513. The maximum absolute atomic E-state index is 12.0. The third-order valence-electron chi connectivity index (χ3n) is 3.27. The number of carbonyl (C=O) groups is 1. The van der Waals surface area contributed by atoms with Crippen LogP contribution in [0.1, 0.15) is 12.8 Å². The molecule has 0 fully saturated rings. The van der Waals surface area contributed by atoms with Crippen molar-refractivity contribution in [1.29, 1.82) is 0 Å². The number of hydrogen-bond acceptors (Lipinski definition) is 3. The van der Waals surface area contributed by atoms with Crippen LogP contribution in [-0.2, 0) is 9.53 Å². The average molecular weight is 351 g/mol. The second kappa shape index (κ2) is 7.54. The van der Waals surface area contributed by atoms with Crippen LogP contribution in [0.5, 0.6) is 0 Å².